The van der Waals surface area contributed by atoms with E-state index in [0.29, 0.717) is 32.1 Å². The monoisotopic (exact) mass is 354 g/mol. The fourth-order valence-electron chi connectivity index (χ4n) is 3.44. The van der Waals surface area contributed by atoms with E-state index < -0.39 is 10.0 Å². The average molecular weight is 354 g/mol. The third kappa shape index (κ3) is 3.44. The molecule has 0 aromatic heterocycles. The lowest BCUT2D eigenvalue weighted by Crippen LogP contribution is -2.51. The molecule has 1 spiro atoms. The molecule has 3 rings (SSSR count). The lowest BCUT2D eigenvalue weighted by Gasteiger charge is -2.44. The van der Waals surface area contributed by atoms with Gasteiger partial charge in [-0.05, 0) is 45.1 Å². The average Bonchev–Trinajstić information content (AvgIpc) is 2.58. The van der Waals surface area contributed by atoms with Gasteiger partial charge in [0.15, 0.2) is 0 Å². The van der Waals surface area contributed by atoms with Gasteiger partial charge in [-0.1, -0.05) is 12.1 Å². The summed E-state index contributed by atoms with van der Waals surface area (Å²) in [6, 6.07) is 6.92. The van der Waals surface area contributed by atoms with Gasteiger partial charge in [0.05, 0.1) is 13.2 Å². The number of ether oxygens (including phenoxy) is 2. The third-order valence-electron chi connectivity index (χ3n) is 5.11. The van der Waals surface area contributed by atoms with Crippen molar-refractivity contribution >= 4 is 10.0 Å². The van der Waals surface area contributed by atoms with E-state index in [1.54, 1.807) is 29.6 Å². The fourth-order valence-corrected chi connectivity index (χ4v) is 5.11. The highest BCUT2D eigenvalue weighted by Gasteiger charge is 2.42. The van der Waals surface area contributed by atoms with E-state index in [-0.39, 0.29) is 10.3 Å². The molecule has 1 fully saturated rings. The van der Waals surface area contributed by atoms with Gasteiger partial charge in [0.25, 0.3) is 0 Å². The van der Waals surface area contributed by atoms with Crippen molar-refractivity contribution in [1.82, 2.24) is 9.21 Å². The standard InChI is InChI=1S/C17H26N2O4S/c1-18-9-7-17(8-10-18)13-19(11-12-22-2)24(20,21)16-6-4-3-5-15(16)23-14-17/h3-6H,7-14H2,1-2H3. The van der Waals surface area contributed by atoms with Gasteiger partial charge in [-0.15, -0.1) is 0 Å². The maximum Gasteiger partial charge on any atom is 0.246 e. The number of fused-ring (bicyclic) bond motifs is 1. The Balaban J connectivity index is 1.98. The molecular weight excluding hydrogens is 328 g/mol. The van der Waals surface area contributed by atoms with Gasteiger partial charge < -0.3 is 14.4 Å². The van der Waals surface area contributed by atoms with Gasteiger partial charge in [-0.3, -0.25) is 0 Å². The van der Waals surface area contributed by atoms with Gasteiger partial charge >= 0.3 is 0 Å². The minimum Gasteiger partial charge on any atom is -0.492 e. The summed E-state index contributed by atoms with van der Waals surface area (Å²) in [5, 5.41) is 0. The molecule has 1 aromatic rings. The Hall–Kier alpha value is -1.15. The summed E-state index contributed by atoms with van der Waals surface area (Å²) in [6.45, 7) is 3.72. The van der Waals surface area contributed by atoms with Crippen LogP contribution in [0.4, 0.5) is 0 Å². The largest absolute Gasteiger partial charge is 0.492 e. The summed E-state index contributed by atoms with van der Waals surface area (Å²) in [7, 11) is 0.110. The molecule has 2 aliphatic heterocycles. The predicted molar refractivity (Wildman–Crippen MR) is 91.7 cm³/mol. The number of para-hydroxylation sites is 1. The predicted octanol–water partition coefficient (Wildman–Crippen LogP) is 1.43. The van der Waals surface area contributed by atoms with Crippen molar-refractivity contribution in [3.8, 4) is 5.75 Å². The van der Waals surface area contributed by atoms with E-state index in [0.717, 1.165) is 25.9 Å². The summed E-state index contributed by atoms with van der Waals surface area (Å²) in [5.74, 6) is 0.456. The first-order chi connectivity index (χ1) is 11.5. The van der Waals surface area contributed by atoms with Gasteiger partial charge in [0.2, 0.25) is 10.0 Å². The van der Waals surface area contributed by atoms with Crippen LogP contribution in [-0.4, -0.2) is 71.2 Å². The Morgan fingerprint density at radius 1 is 1.25 bits per heavy atom. The lowest BCUT2D eigenvalue weighted by molar-refractivity contribution is 0.0389. The Morgan fingerprint density at radius 3 is 2.67 bits per heavy atom. The molecule has 0 saturated carbocycles. The first-order valence-corrected chi connectivity index (χ1v) is 9.80. The molecule has 0 radical (unpaired) electrons. The summed E-state index contributed by atoms with van der Waals surface area (Å²) in [4.78, 5) is 2.54. The number of hydrogen-bond donors (Lipinski definition) is 0. The Morgan fingerprint density at radius 2 is 1.96 bits per heavy atom. The van der Waals surface area contributed by atoms with Crippen molar-refractivity contribution in [3.63, 3.8) is 0 Å². The summed E-state index contributed by atoms with van der Waals surface area (Å²) < 4.78 is 39.0. The van der Waals surface area contributed by atoms with E-state index in [9.17, 15) is 8.42 Å². The Bertz CT molecular complexity index is 669. The maximum atomic E-state index is 13.2. The molecule has 0 unspecified atom stereocenters. The number of methoxy groups -OCH3 is 1. The van der Waals surface area contributed by atoms with Crippen LogP contribution >= 0.6 is 0 Å². The zero-order valence-corrected chi connectivity index (χ0v) is 15.2. The third-order valence-corrected chi connectivity index (χ3v) is 6.99. The number of piperidine rings is 1. The minimum absolute atomic E-state index is 0.138. The van der Waals surface area contributed by atoms with Crippen LogP contribution in [0.5, 0.6) is 5.75 Å². The van der Waals surface area contributed by atoms with Crippen molar-refractivity contribution in [2.24, 2.45) is 5.41 Å². The van der Waals surface area contributed by atoms with Crippen LogP contribution in [0.15, 0.2) is 29.2 Å². The molecule has 1 saturated heterocycles. The van der Waals surface area contributed by atoms with Crippen LogP contribution < -0.4 is 4.74 Å². The van der Waals surface area contributed by atoms with E-state index in [2.05, 4.69) is 11.9 Å². The minimum atomic E-state index is -3.59. The van der Waals surface area contributed by atoms with Gasteiger partial charge in [0.1, 0.15) is 10.6 Å². The summed E-state index contributed by atoms with van der Waals surface area (Å²) >= 11 is 0. The van der Waals surface area contributed by atoms with Crippen molar-refractivity contribution in [1.29, 1.82) is 0 Å². The number of rotatable bonds is 3. The highest BCUT2D eigenvalue weighted by atomic mass is 32.2. The summed E-state index contributed by atoms with van der Waals surface area (Å²) in [6.07, 6.45) is 1.87. The smallest absolute Gasteiger partial charge is 0.246 e. The zero-order valence-electron chi connectivity index (χ0n) is 14.4. The highest BCUT2D eigenvalue weighted by molar-refractivity contribution is 7.89. The second-order valence-corrected chi connectivity index (χ2v) is 8.78. The normalized spacial score (nSPS) is 23.9. The molecule has 0 atom stereocenters. The zero-order chi connectivity index (χ0) is 17.2. The summed E-state index contributed by atoms with van der Waals surface area (Å²) in [5.41, 5.74) is -0.138. The SMILES string of the molecule is COCCN1CC2(CCN(C)CC2)COc2ccccc2S1(=O)=O. The maximum absolute atomic E-state index is 13.2. The molecule has 134 valence electrons. The quantitative estimate of drug-likeness (QED) is 0.822. The second-order valence-electron chi connectivity index (χ2n) is 6.87. The van der Waals surface area contributed by atoms with Gasteiger partial charge in [0, 0.05) is 25.6 Å². The molecule has 1 aromatic carbocycles. The van der Waals surface area contributed by atoms with Gasteiger partial charge in [-0.25, -0.2) is 8.42 Å². The second kappa shape index (κ2) is 7.00. The molecule has 6 nitrogen and oxygen atoms in total. The Kier molecular flexibility index (Phi) is 5.15. The number of hydrogen-bond acceptors (Lipinski definition) is 5. The van der Waals surface area contributed by atoms with E-state index >= 15 is 0 Å². The fraction of sp³-hybridized carbons (Fsp3) is 0.647. The van der Waals surface area contributed by atoms with Gasteiger partial charge in [-0.2, -0.15) is 4.31 Å². The Labute approximate surface area is 144 Å². The van der Waals surface area contributed by atoms with E-state index in [1.807, 2.05) is 6.07 Å². The topological polar surface area (TPSA) is 59.1 Å². The van der Waals surface area contributed by atoms with Crippen LogP contribution in [0.25, 0.3) is 0 Å². The van der Waals surface area contributed by atoms with Crippen LogP contribution in [0.1, 0.15) is 12.8 Å². The lowest BCUT2D eigenvalue weighted by atomic mass is 9.79. The van der Waals surface area contributed by atoms with E-state index in [1.165, 1.54) is 0 Å². The van der Waals surface area contributed by atoms with Crippen LogP contribution in [-0.2, 0) is 14.8 Å². The van der Waals surface area contributed by atoms with Crippen molar-refractivity contribution in [2.45, 2.75) is 17.7 Å². The number of benzene rings is 1. The molecule has 2 aliphatic rings. The molecular formula is C17H26N2O4S. The van der Waals surface area contributed by atoms with E-state index in [4.69, 9.17) is 9.47 Å². The first kappa shape index (κ1) is 17.7. The molecule has 0 aliphatic carbocycles. The first-order valence-electron chi connectivity index (χ1n) is 8.36. The van der Waals surface area contributed by atoms with Crippen molar-refractivity contribution in [3.05, 3.63) is 24.3 Å². The highest BCUT2D eigenvalue weighted by Crippen LogP contribution is 2.38. The molecule has 0 amide bonds. The molecule has 7 heteroatoms. The number of sulfonamides is 1. The van der Waals surface area contributed by atoms with Crippen molar-refractivity contribution in [2.75, 3.05) is 53.6 Å². The van der Waals surface area contributed by atoms with Crippen LogP contribution in [0.2, 0.25) is 0 Å². The van der Waals surface area contributed by atoms with Crippen molar-refractivity contribution < 1.29 is 17.9 Å². The number of likely N-dealkylation sites (tertiary alicyclic amines) is 1. The number of nitrogens with zero attached hydrogens (tertiary/aromatic N) is 2. The van der Waals surface area contributed by atoms with Crippen LogP contribution in [0, 0.1) is 5.41 Å². The molecule has 2 heterocycles. The molecule has 24 heavy (non-hydrogen) atoms. The van der Waals surface area contributed by atoms with Crippen LogP contribution in [0.3, 0.4) is 0 Å². The molecule has 0 bridgehead atoms. The molecule has 0 N–H and O–H groups in total.